The van der Waals surface area contributed by atoms with Gasteiger partial charge in [-0.1, -0.05) is 45.2 Å². The van der Waals surface area contributed by atoms with Gasteiger partial charge in [0.2, 0.25) is 5.89 Å². The first kappa shape index (κ1) is 14.9. The van der Waals surface area contributed by atoms with Crippen molar-refractivity contribution < 1.29 is 4.52 Å². The molecule has 1 aromatic heterocycles. The third-order valence-electron chi connectivity index (χ3n) is 3.68. The van der Waals surface area contributed by atoms with Crippen molar-refractivity contribution in [3.63, 3.8) is 0 Å². The number of thioether (sulfide) groups is 1. The molecular weight excluding hydrogens is 258 g/mol. The van der Waals surface area contributed by atoms with E-state index in [0.29, 0.717) is 5.89 Å². The van der Waals surface area contributed by atoms with E-state index in [1.165, 1.54) is 32.1 Å². The Morgan fingerprint density at radius 3 is 2.63 bits per heavy atom. The van der Waals surface area contributed by atoms with Gasteiger partial charge in [-0.05, 0) is 18.3 Å². The molecule has 2 N–H and O–H groups in total. The van der Waals surface area contributed by atoms with Crippen LogP contribution in [-0.4, -0.2) is 15.4 Å². The highest BCUT2D eigenvalue weighted by Crippen LogP contribution is 2.32. The van der Waals surface area contributed by atoms with Crippen LogP contribution in [0.3, 0.4) is 0 Å². The van der Waals surface area contributed by atoms with E-state index in [1.54, 1.807) is 0 Å². The maximum atomic E-state index is 6.12. The normalized spacial score (nSPS) is 19.6. The molecule has 1 aliphatic carbocycles. The molecule has 0 unspecified atom stereocenters. The summed E-state index contributed by atoms with van der Waals surface area (Å²) < 4.78 is 5.29. The van der Waals surface area contributed by atoms with Gasteiger partial charge < -0.3 is 10.3 Å². The molecule has 4 nitrogen and oxygen atoms in total. The predicted molar refractivity (Wildman–Crippen MR) is 78.8 cm³/mol. The van der Waals surface area contributed by atoms with Crippen molar-refractivity contribution in [3.05, 3.63) is 11.7 Å². The Kier molecular flexibility index (Phi) is 4.90. The highest BCUT2D eigenvalue weighted by atomic mass is 32.2. The van der Waals surface area contributed by atoms with Crippen LogP contribution in [0.5, 0.6) is 0 Å². The summed E-state index contributed by atoms with van der Waals surface area (Å²) >= 11 is 1.96. The van der Waals surface area contributed by atoms with Crippen LogP contribution in [0.25, 0.3) is 0 Å². The molecule has 1 atom stereocenters. The molecular formula is C14H25N3OS. The van der Waals surface area contributed by atoms with Gasteiger partial charge in [0.25, 0.3) is 0 Å². The first-order chi connectivity index (χ1) is 8.97. The Morgan fingerprint density at radius 2 is 2.00 bits per heavy atom. The summed E-state index contributed by atoms with van der Waals surface area (Å²) in [5.74, 6) is 2.18. The SMILES string of the molecule is CC(C)(C)[C@@H](N)c1nc(CSC2CCCCC2)no1. The zero-order valence-electron chi connectivity index (χ0n) is 12.2. The summed E-state index contributed by atoms with van der Waals surface area (Å²) in [7, 11) is 0. The minimum Gasteiger partial charge on any atom is -0.338 e. The average Bonchev–Trinajstić information content (AvgIpc) is 2.84. The molecule has 2 rings (SSSR count). The molecule has 108 valence electrons. The van der Waals surface area contributed by atoms with E-state index in [4.69, 9.17) is 10.3 Å². The summed E-state index contributed by atoms with van der Waals surface area (Å²) in [5, 5.41) is 4.82. The molecule has 0 spiro atoms. The van der Waals surface area contributed by atoms with E-state index in [1.807, 2.05) is 11.8 Å². The van der Waals surface area contributed by atoms with Crippen molar-refractivity contribution in [2.45, 2.75) is 69.9 Å². The number of nitrogens with two attached hydrogens (primary N) is 1. The van der Waals surface area contributed by atoms with Crippen LogP contribution >= 0.6 is 11.8 Å². The van der Waals surface area contributed by atoms with E-state index in [0.717, 1.165) is 16.8 Å². The van der Waals surface area contributed by atoms with Gasteiger partial charge in [-0.25, -0.2) is 0 Å². The second-order valence-corrected chi connectivity index (χ2v) is 7.75. The fourth-order valence-electron chi connectivity index (χ4n) is 2.25. The van der Waals surface area contributed by atoms with Gasteiger partial charge in [0.15, 0.2) is 5.82 Å². The van der Waals surface area contributed by atoms with Crippen molar-refractivity contribution in [3.8, 4) is 0 Å². The Balaban J connectivity index is 1.86. The van der Waals surface area contributed by atoms with Crippen LogP contribution in [0.15, 0.2) is 4.52 Å². The minimum absolute atomic E-state index is 0.0552. The van der Waals surface area contributed by atoms with Crippen LogP contribution in [-0.2, 0) is 5.75 Å². The van der Waals surface area contributed by atoms with Crippen molar-refractivity contribution in [1.82, 2.24) is 10.1 Å². The zero-order chi connectivity index (χ0) is 13.9. The van der Waals surface area contributed by atoms with Crippen molar-refractivity contribution >= 4 is 11.8 Å². The quantitative estimate of drug-likeness (QED) is 0.913. The number of hydrogen-bond acceptors (Lipinski definition) is 5. The standard InChI is InChI=1S/C14H25N3OS/c1-14(2,3)12(15)13-16-11(17-18-13)9-19-10-7-5-4-6-8-10/h10,12H,4-9,15H2,1-3H3/t12-/m0/s1. The summed E-state index contributed by atoms with van der Waals surface area (Å²) in [4.78, 5) is 4.44. The topological polar surface area (TPSA) is 64.9 Å². The Morgan fingerprint density at radius 1 is 1.32 bits per heavy atom. The monoisotopic (exact) mass is 283 g/mol. The van der Waals surface area contributed by atoms with E-state index in [-0.39, 0.29) is 11.5 Å². The molecule has 0 amide bonds. The lowest BCUT2D eigenvalue weighted by molar-refractivity contribution is 0.252. The van der Waals surface area contributed by atoms with Crippen molar-refractivity contribution in [2.75, 3.05) is 0 Å². The fraction of sp³-hybridized carbons (Fsp3) is 0.857. The summed E-state index contributed by atoms with van der Waals surface area (Å²) in [6, 6.07) is -0.201. The number of hydrogen-bond donors (Lipinski definition) is 1. The smallest absolute Gasteiger partial charge is 0.244 e. The molecule has 1 aliphatic rings. The van der Waals surface area contributed by atoms with E-state index >= 15 is 0 Å². The Hall–Kier alpha value is -0.550. The molecule has 0 aromatic carbocycles. The van der Waals surface area contributed by atoms with Gasteiger partial charge in [0.05, 0.1) is 11.8 Å². The second kappa shape index (κ2) is 6.27. The first-order valence-corrected chi connectivity index (χ1v) is 8.21. The van der Waals surface area contributed by atoms with Gasteiger partial charge in [0, 0.05) is 5.25 Å². The summed E-state index contributed by atoms with van der Waals surface area (Å²) in [6.45, 7) is 6.24. The lowest BCUT2D eigenvalue weighted by atomic mass is 9.87. The Labute approximate surface area is 119 Å². The lowest BCUT2D eigenvalue weighted by Crippen LogP contribution is -2.26. The fourth-order valence-corrected chi connectivity index (χ4v) is 3.42. The van der Waals surface area contributed by atoms with E-state index in [9.17, 15) is 0 Å². The van der Waals surface area contributed by atoms with Gasteiger partial charge >= 0.3 is 0 Å². The summed E-state index contributed by atoms with van der Waals surface area (Å²) in [5.41, 5.74) is 6.07. The van der Waals surface area contributed by atoms with E-state index < -0.39 is 0 Å². The average molecular weight is 283 g/mol. The van der Waals surface area contributed by atoms with Crippen LogP contribution < -0.4 is 5.73 Å². The zero-order valence-corrected chi connectivity index (χ0v) is 13.0. The van der Waals surface area contributed by atoms with Crippen LogP contribution in [0, 0.1) is 5.41 Å². The number of nitrogens with zero attached hydrogens (tertiary/aromatic N) is 2. The van der Waals surface area contributed by atoms with Gasteiger partial charge in [0.1, 0.15) is 0 Å². The predicted octanol–water partition coefficient (Wildman–Crippen LogP) is 3.68. The molecule has 0 saturated heterocycles. The largest absolute Gasteiger partial charge is 0.338 e. The molecule has 1 aromatic rings. The minimum atomic E-state index is -0.201. The first-order valence-electron chi connectivity index (χ1n) is 7.16. The maximum absolute atomic E-state index is 6.12. The summed E-state index contributed by atoms with van der Waals surface area (Å²) in [6.07, 6.45) is 6.78. The maximum Gasteiger partial charge on any atom is 0.244 e. The highest BCUT2D eigenvalue weighted by molar-refractivity contribution is 7.99. The van der Waals surface area contributed by atoms with Crippen LogP contribution in [0.1, 0.15) is 70.6 Å². The number of rotatable bonds is 4. The van der Waals surface area contributed by atoms with Crippen molar-refractivity contribution in [1.29, 1.82) is 0 Å². The molecule has 1 fully saturated rings. The van der Waals surface area contributed by atoms with Crippen LogP contribution in [0.4, 0.5) is 0 Å². The molecule has 1 heterocycles. The Bertz CT molecular complexity index is 394. The molecule has 19 heavy (non-hydrogen) atoms. The molecule has 0 aliphatic heterocycles. The molecule has 1 saturated carbocycles. The lowest BCUT2D eigenvalue weighted by Gasteiger charge is -2.23. The third-order valence-corrected chi connectivity index (χ3v) is 5.05. The third kappa shape index (κ3) is 4.21. The second-order valence-electron chi connectivity index (χ2n) is 6.46. The molecule has 0 radical (unpaired) electrons. The highest BCUT2D eigenvalue weighted by Gasteiger charge is 2.27. The molecule has 0 bridgehead atoms. The molecule has 5 heteroatoms. The van der Waals surface area contributed by atoms with Gasteiger partial charge in [-0.2, -0.15) is 16.7 Å². The number of aromatic nitrogens is 2. The van der Waals surface area contributed by atoms with Crippen LogP contribution in [0.2, 0.25) is 0 Å². The van der Waals surface area contributed by atoms with Crippen molar-refractivity contribution in [2.24, 2.45) is 11.1 Å². The van der Waals surface area contributed by atoms with Gasteiger partial charge in [-0.3, -0.25) is 0 Å². The van der Waals surface area contributed by atoms with Gasteiger partial charge in [-0.15, -0.1) is 0 Å². The van der Waals surface area contributed by atoms with E-state index in [2.05, 4.69) is 30.9 Å².